The van der Waals surface area contributed by atoms with Crippen molar-refractivity contribution in [3.63, 3.8) is 0 Å². The van der Waals surface area contributed by atoms with Crippen molar-refractivity contribution < 1.29 is 110 Å². The number of carbonyl (C=O) groups excluding carboxylic acids is 1. The van der Waals surface area contributed by atoms with Gasteiger partial charge in [-0.3, -0.25) is 4.79 Å². The second-order valence-electron chi connectivity index (χ2n) is 11.9. The zero-order valence-corrected chi connectivity index (χ0v) is 35.0. The molecule has 1 aromatic heterocycles. The quantitative estimate of drug-likeness (QED) is 0.0751. The number of ether oxygens (including phenoxy) is 3. The standard InChI is InChI=1S/C33H36F3N4O8PS.2Na/c1-22(50-26-17-45-30(46-18-26)7-5-4-6-24-9-8-23(16-37)14-28(24)35)33(19-40-21-38-20-39-40,27-11-10-25(34)15-29(27)36)48-31(41)32(2,3)12-13-47-49(42,43)44;;/h4-11,14-15,20-22,26,30H,12-13,17-19H2,1-3H3,(H2,42,43,44);;/q;2*+1/p-2/t22-,26?,30?,33-;;/m1../s1. The van der Waals surface area contributed by atoms with Crippen molar-refractivity contribution in [3.8, 4) is 6.07 Å². The molecular weight excluding hydrogens is 746 g/mol. The van der Waals surface area contributed by atoms with Crippen molar-refractivity contribution in [1.82, 2.24) is 14.8 Å². The molecule has 3 aromatic rings. The predicted octanol–water partition coefficient (Wildman–Crippen LogP) is -1.59. The molecule has 0 spiro atoms. The van der Waals surface area contributed by atoms with Crippen molar-refractivity contribution in [3.05, 3.63) is 101 Å². The summed E-state index contributed by atoms with van der Waals surface area (Å²) in [6.07, 6.45) is 7.99. The average molecular weight is 781 g/mol. The van der Waals surface area contributed by atoms with Gasteiger partial charge in [0, 0.05) is 22.4 Å². The Kier molecular flexibility index (Phi) is 18.5. The van der Waals surface area contributed by atoms with E-state index in [2.05, 4.69) is 14.6 Å². The van der Waals surface area contributed by atoms with Crippen LogP contribution >= 0.6 is 19.6 Å². The molecule has 0 bridgehead atoms. The molecular formula is C33H34F3N4Na2O8PS. The largest absolute Gasteiger partial charge is 1.00 e. The molecule has 4 rings (SSSR count). The zero-order chi connectivity index (χ0) is 36.5. The van der Waals surface area contributed by atoms with Crippen LogP contribution in [-0.4, -0.2) is 57.3 Å². The number of carbonyl (C=O) groups is 1. The van der Waals surface area contributed by atoms with Crippen LogP contribution in [0, 0.1) is 34.2 Å². The molecule has 0 aliphatic carbocycles. The van der Waals surface area contributed by atoms with Crippen molar-refractivity contribution in [2.75, 3.05) is 19.8 Å². The number of nitrogens with zero attached hydrogens (tertiary/aromatic N) is 4. The van der Waals surface area contributed by atoms with Gasteiger partial charge in [0.1, 0.15) is 30.1 Å². The number of rotatable bonds is 15. The summed E-state index contributed by atoms with van der Waals surface area (Å²) in [5, 5.41) is 11.9. The second-order valence-corrected chi connectivity index (χ2v) is 14.7. The third kappa shape index (κ3) is 13.2. The molecule has 268 valence electrons. The summed E-state index contributed by atoms with van der Waals surface area (Å²) >= 11 is 1.27. The summed E-state index contributed by atoms with van der Waals surface area (Å²) in [6.45, 7) is 4.10. The van der Waals surface area contributed by atoms with E-state index >= 15 is 4.39 Å². The number of phosphoric acid groups is 1. The van der Waals surface area contributed by atoms with E-state index in [1.807, 2.05) is 6.07 Å². The van der Waals surface area contributed by atoms with Crippen LogP contribution in [0.3, 0.4) is 0 Å². The van der Waals surface area contributed by atoms with Gasteiger partial charge >= 0.3 is 65.1 Å². The smallest absolute Gasteiger partial charge is 0.790 e. The first-order chi connectivity index (χ1) is 23.6. The van der Waals surface area contributed by atoms with Crippen LogP contribution in [0.5, 0.6) is 0 Å². The summed E-state index contributed by atoms with van der Waals surface area (Å²) in [7, 11) is -5.30. The zero-order valence-electron chi connectivity index (χ0n) is 29.2. The minimum Gasteiger partial charge on any atom is -0.790 e. The third-order valence-electron chi connectivity index (χ3n) is 7.79. The van der Waals surface area contributed by atoms with E-state index < -0.39 is 60.4 Å². The van der Waals surface area contributed by atoms with Crippen molar-refractivity contribution in [2.45, 2.75) is 56.1 Å². The van der Waals surface area contributed by atoms with Crippen LogP contribution in [0.1, 0.15) is 43.9 Å². The Morgan fingerprint density at radius 2 is 1.87 bits per heavy atom. The van der Waals surface area contributed by atoms with E-state index in [9.17, 15) is 27.9 Å². The Balaban J connectivity index is 0.00000468. The third-order valence-corrected chi connectivity index (χ3v) is 9.73. The number of thioether (sulfide) groups is 1. The number of benzene rings is 2. The number of phosphoric ester groups is 1. The number of esters is 1. The van der Waals surface area contributed by atoms with E-state index in [4.69, 9.17) is 19.5 Å². The molecule has 1 aliphatic rings. The maximum atomic E-state index is 15.7. The van der Waals surface area contributed by atoms with Gasteiger partial charge in [0.2, 0.25) is 0 Å². The summed E-state index contributed by atoms with van der Waals surface area (Å²) in [5.41, 5.74) is -2.89. The number of hydrogen-bond acceptors (Lipinski definition) is 12. The molecule has 0 amide bonds. The number of nitriles is 1. The Labute approximate surface area is 348 Å². The SMILES string of the molecule is C[C@@H](SC1COC(C=CC=Cc2ccc(C#N)cc2F)OC1)[C@@](Cn1cncn1)(OC(=O)C(C)(C)CCOP(=O)([O-])[O-])c1ccc(F)cc1F.[Na+].[Na+]. The van der Waals surface area contributed by atoms with Crippen molar-refractivity contribution >= 4 is 31.6 Å². The number of hydrogen-bond donors (Lipinski definition) is 0. The summed E-state index contributed by atoms with van der Waals surface area (Å²) < 4.78 is 78.4. The molecule has 0 N–H and O–H groups in total. The van der Waals surface area contributed by atoms with E-state index in [1.165, 1.54) is 67.2 Å². The van der Waals surface area contributed by atoms with E-state index in [0.29, 0.717) is 11.6 Å². The maximum absolute atomic E-state index is 15.7. The van der Waals surface area contributed by atoms with Gasteiger partial charge in [-0.1, -0.05) is 24.3 Å². The van der Waals surface area contributed by atoms with Crippen molar-refractivity contribution in [1.29, 1.82) is 5.26 Å². The molecule has 1 fully saturated rings. The summed E-state index contributed by atoms with van der Waals surface area (Å²) in [6, 6.07) is 8.90. The summed E-state index contributed by atoms with van der Waals surface area (Å²) in [4.78, 5) is 39.7. The Morgan fingerprint density at radius 3 is 2.46 bits per heavy atom. The van der Waals surface area contributed by atoms with Gasteiger partial charge in [-0.05, 0) is 57.5 Å². The minimum absolute atomic E-state index is 0. The van der Waals surface area contributed by atoms with Gasteiger partial charge < -0.3 is 33.1 Å². The predicted molar refractivity (Wildman–Crippen MR) is 172 cm³/mol. The average Bonchev–Trinajstić information content (AvgIpc) is 3.56. The van der Waals surface area contributed by atoms with E-state index in [1.54, 1.807) is 25.2 Å². The Hall–Kier alpha value is -1.81. The molecule has 12 nitrogen and oxygen atoms in total. The van der Waals surface area contributed by atoms with E-state index in [0.717, 1.165) is 12.1 Å². The minimum atomic E-state index is -5.30. The van der Waals surface area contributed by atoms with Crippen LogP contribution in [0.25, 0.3) is 6.08 Å². The van der Waals surface area contributed by atoms with Crippen LogP contribution in [0.2, 0.25) is 0 Å². The second kappa shape index (κ2) is 20.8. The van der Waals surface area contributed by atoms with Crippen molar-refractivity contribution in [2.24, 2.45) is 5.41 Å². The maximum Gasteiger partial charge on any atom is 1.00 e. The van der Waals surface area contributed by atoms with Crippen LogP contribution in [0.4, 0.5) is 13.2 Å². The normalized spacial score (nSPS) is 18.2. The molecule has 0 unspecified atom stereocenters. The van der Waals surface area contributed by atoms with Crippen LogP contribution in [-0.2, 0) is 40.2 Å². The van der Waals surface area contributed by atoms with Gasteiger partial charge in [-0.2, -0.15) is 10.4 Å². The Bertz CT molecular complexity index is 1790. The molecule has 0 radical (unpaired) electrons. The van der Waals surface area contributed by atoms with Gasteiger partial charge in [-0.15, -0.1) is 11.8 Å². The first-order valence-corrected chi connectivity index (χ1v) is 17.6. The number of aromatic nitrogens is 3. The van der Waals surface area contributed by atoms with E-state index in [-0.39, 0.29) is 102 Å². The van der Waals surface area contributed by atoms with Crippen LogP contribution < -0.4 is 68.9 Å². The molecule has 2 heterocycles. The van der Waals surface area contributed by atoms with Gasteiger partial charge in [-0.25, -0.2) is 22.8 Å². The molecule has 19 heteroatoms. The first-order valence-electron chi connectivity index (χ1n) is 15.2. The fourth-order valence-corrected chi connectivity index (χ4v) is 6.62. The molecule has 2 atom stereocenters. The van der Waals surface area contributed by atoms with Crippen LogP contribution in [0.15, 0.2) is 67.3 Å². The number of allylic oxidation sites excluding steroid dienone is 2. The van der Waals surface area contributed by atoms with Gasteiger partial charge in [0.05, 0.1) is 56.5 Å². The van der Waals surface area contributed by atoms with Gasteiger partial charge in [0.25, 0.3) is 0 Å². The topological polar surface area (TPSA) is 172 Å². The summed E-state index contributed by atoms with van der Waals surface area (Å²) in [5.74, 6) is -3.25. The molecule has 1 aliphatic heterocycles. The fraction of sp³-hybridized carbons (Fsp3) is 0.394. The molecule has 52 heavy (non-hydrogen) atoms. The molecule has 2 aromatic carbocycles. The Morgan fingerprint density at radius 1 is 1.15 bits per heavy atom. The number of halogens is 3. The molecule has 1 saturated heterocycles. The first kappa shape index (κ1) is 46.3. The molecule has 0 saturated carbocycles. The van der Waals surface area contributed by atoms with Gasteiger partial charge in [0.15, 0.2) is 11.9 Å². The monoisotopic (exact) mass is 780 g/mol. The fourth-order valence-electron chi connectivity index (χ4n) is 4.94.